The third-order valence-electron chi connectivity index (χ3n) is 3.38. The van der Waals surface area contributed by atoms with Gasteiger partial charge in [-0.1, -0.05) is 41.4 Å². The molecule has 0 amide bonds. The SMILES string of the molecule is Cc1[nH]c2ccccc2c1C(=O)COC(=O)c1cc(Cl)sc1Cl. The first-order valence-electron chi connectivity index (χ1n) is 6.70. The van der Waals surface area contributed by atoms with Crippen LogP contribution in [-0.4, -0.2) is 23.3 Å². The lowest BCUT2D eigenvalue weighted by Gasteiger charge is -2.04. The van der Waals surface area contributed by atoms with Crippen LogP contribution in [0.1, 0.15) is 26.4 Å². The van der Waals surface area contributed by atoms with E-state index in [2.05, 4.69) is 4.98 Å². The summed E-state index contributed by atoms with van der Waals surface area (Å²) in [7, 11) is 0. The molecule has 0 aliphatic heterocycles. The van der Waals surface area contributed by atoms with Crippen molar-refractivity contribution in [3.05, 3.63) is 55.8 Å². The highest BCUT2D eigenvalue weighted by Gasteiger charge is 2.20. The van der Waals surface area contributed by atoms with Crippen LogP contribution in [0, 0.1) is 6.92 Å². The van der Waals surface area contributed by atoms with Gasteiger partial charge in [0.15, 0.2) is 6.61 Å². The molecule has 0 aliphatic rings. The van der Waals surface area contributed by atoms with E-state index in [9.17, 15) is 9.59 Å². The van der Waals surface area contributed by atoms with Crippen molar-refractivity contribution in [2.24, 2.45) is 0 Å². The average Bonchev–Trinajstić information content (AvgIpc) is 3.02. The van der Waals surface area contributed by atoms with E-state index in [4.69, 9.17) is 27.9 Å². The van der Waals surface area contributed by atoms with E-state index in [1.54, 1.807) is 0 Å². The summed E-state index contributed by atoms with van der Waals surface area (Å²) >= 11 is 12.8. The molecule has 118 valence electrons. The van der Waals surface area contributed by atoms with Crippen molar-refractivity contribution in [1.29, 1.82) is 0 Å². The molecule has 0 saturated heterocycles. The summed E-state index contributed by atoms with van der Waals surface area (Å²) in [6, 6.07) is 8.90. The standard InChI is InChI=1S/C16H11Cl2NO3S/c1-8-14(9-4-2-3-5-11(9)19-8)12(20)7-22-16(21)10-6-13(17)23-15(10)18/h2-6,19H,7H2,1H3. The fourth-order valence-electron chi connectivity index (χ4n) is 2.40. The number of aromatic amines is 1. The minimum absolute atomic E-state index is 0.171. The molecule has 3 aromatic rings. The quantitative estimate of drug-likeness (QED) is 0.527. The number of carbonyl (C=O) groups is 2. The van der Waals surface area contributed by atoms with Crippen LogP contribution in [0.3, 0.4) is 0 Å². The first kappa shape index (κ1) is 16.1. The lowest BCUT2D eigenvalue weighted by atomic mass is 10.1. The predicted molar refractivity (Wildman–Crippen MR) is 92.0 cm³/mol. The zero-order valence-electron chi connectivity index (χ0n) is 12.0. The molecule has 0 atom stereocenters. The Morgan fingerprint density at radius 3 is 2.70 bits per heavy atom. The van der Waals surface area contributed by atoms with E-state index < -0.39 is 5.97 Å². The van der Waals surface area contributed by atoms with E-state index >= 15 is 0 Å². The molecule has 1 N–H and O–H groups in total. The van der Waals surface area contributed by atoms with Gasteiger partial charge >= 0.3 is 5.97 Å². The molecular formula is C16H11Cl2NO3S. The highest BCUT2D eigenvalue weighted by molar-refractivity contribution is 7.20. The lowest BCUT2D eigenvalue weighted by Crippen LogP contribution is -2.14. The molecule has 0 radical (unpaired) electrons. The molecule has 0 aliphatic carbocycles. The number of para-hydroxylation sites is 1. The number of halogens is 2. The van der Waals surface area contributed by atoms with E-state index in [1.165, 1.54) is 6.07 Å². The largest absolute Gasteiger partial charge is 0.454 e. The highest BCUT2D eigenvalue weighted by Crippen LogP contribution is 2.31. The number of hydrogen-bond donors (Lipinski definition) is 1. The second kappa shape index (κ2) is 6.35. The summed E-state index contributed by atoms with van der Waals surface area (Å²) in [6.07, 6.45) is 0. The lowest BCUT2D eigenvalue weighted by molar-refractivity contribution is 0.0475. The Bertz CT molecular complexity index is 913. The van der Waals surface area contributed by atoms with Gasteiger partial charge in [0.05, 0.1) is 9.90 Å². The number of esters is 1. The van der Waals surface area contributed by atoms with Crippen LogP contribution < -0.4 is 0 Å². The van der Waals surface area contributed by atoms with Crippen LogP contribution >= 0.6 is 34.5 Å². The zero-order valence-corrected chi connectivity index (χ0v) is 14.3. The average molecular weight is 368 g/mol. The minimum Gasteiger partial charge on any atom is -0.454 e. The van der Waals surface area contributed by atoms with Gasteiger partial charge in [0.2, 0.25) is 5.78 Å². The number of nitrogens with one attached hydrogen (secondary N) is 1. The maximum absolute atomic E-state index is 12.4. The maximum Gasteiger partial charge on any atom is 0.341 e. The second-order valence-corrected chi connectivity index (χ2v) is 7.19. The molecule has 0 fully saturated rings. The molecule has 2 aromatic heterocycles. The van der Waals surface area contributed by atoms with Crippen LogP contribution in [0.2, 0.25) is 8.67 Å². The van der Waals surface area contributed by atoms with Crippen LogP contribution in [-0.2, 0) is 4.74 Å². The number of rotatable bonds is 4. The Kier molecular flexibility index (Phi) is 4.43. The number of thiophene rings is 1. The van der Waals surface area contributed by atoms with Gasteiger partial charge in [-0.25, -0.2) is 4.79 Å². The van der Waals surface area contributed by atoms with Crippen LogP contribution in [0.4, 0.5) is 0 Å². The molecule has 0 bridgehead atoms. The predicted octanol–water partition coefficient (Wildman–Crippen LogP) is 4.88. The molecule has 2 heterocycles. The first-order valence-corrected chi connectivity index (χ1v) is 8.27. The number of aryl methyl sites for hydroxylation is 1. The number of carbonyl (C=O) groups excluding carboxylic acids is 2. The Morgan fingerprint density at radius 1 is 1.26 bits per heavy atom. The normalized spacial score (nSPS) is 10.9. The van der Waals surface area contributed by atoms with Crippen molar-refractivity contribution >= 4 is 57.2 Å². The van der Waals surface area contributed by atoms with Gasteiger partial charge in [0.25, 0.3) is 0 Å². The maximum atomic E-state index is 12.4. The van der Waals surface area contributed by atoms with E-state index in [0.29, 0.717) is 9.90 Å². The smallest absolute Gasteiger partial charge is 0.341 e. The second-order valence-electron chi connectivity index (χ2n) is 4.91. The Hall–Kier alpha value is -1.82. The number of fused-ring (bicyclic) bond motifs is 1. The molecule has 3 rings (SSSR count). The zero-order chi connectivity index (χ0) is 16.6. The molecule has 4 nitrogen and oxygen atoms in total. The van der Waals surface area contributed by atoms with Crippen LogP contribution in [0.25, 0.3) is 10.9 Å². The molecular weight excluding hydrogens is 357 g/mol. The number of ether oxygens (including phenoxy) is 1. The molecule has 7 heteroatoms. The summed E-state index contributed by atoms with van der Waals surface area (Å²) < 4.78 is 5.71. The third kappa shape index (κ3) is 3.13. The van der Waals surface area contributed by atoms with Gasteiger partial charge < -0.3 is 9.72 Å². The van der Waals surface area contributed by atoms with Gasteiger partial charge in [-0.2, -0.15) is 0 Å². The molecule has 0 unspecified atom stereocenters. The molecule has 0 saturated carbocycles. The number of hydrogen-bond acceptors (Lipinski definition) is 4. The molecule has 0 spiro atoms. The summed E-state index contributed by atoms with van der Waals surface area (Å²) in [6.45, 7) is 1.45. The Balaban J connectivity index is 1.78. The van der Waals surface area contributed by atoms with Crippen molar-refractivity contribution in [2.45, 2.75) is 6.92 Å². The van der Waals surface area contributed by atoms with Crippen molar-refractivity contribution < 1.29 is 14.3 Å². The first-order chi connectivity index (χ1) is 11.0. The highest BCUT2D eigenvalue weighted by atomic mass is 35.5. The fourth-order valence-corrected chi connectivity index (χ4v) is 3.84. The summed E-state index contributed by atoms with van der Waals surface area (Å²) in [5.74, 6) is -0.935. The Morgan fingerprint density at radius 2 is 2.00 bits per heavy atom. The number of ketones is 1. The fraction of sp³-hybridized carbons (Fsp3) is 0.125. The Labute approximate surface area is 146 Å². The molecule has 23 heavy (non-hydrogen) atoms. The molecule has 1 aromatic carbocycles. The van der Waals surface area contributed by atoms with Gasteiger partial charge in [0.1, 0.15) is 4.34 Å². The van der Waals surface area contributed by atoms with Crippen molar-refractivity contribution in [1.82, 2.24) is 4.98 Å². The van der Waals surface area contributed by atoms with E-state index in [-0.39, 0.29) is 22.3 Å². The number of benzene rings is 1. The van der Waals surface area contributed by atoms with Crippen LogP contribution in [0.15, 0.2) is 30.3 Å². The van der Waals surface area contributed by atoms with Crippen molar-refractivity contribution in [3.8, 4) is 0 Å². The topological polar surface area (TPSA) is 59.2 Å². The van der Waals surface area contributed by atoms with Crippen LogP contribution in [0.5, 0.6) is 0 Å². The van der Waals surface area contributed by atoms with E-state index in [1.807, 2.05) is 31.2 Å². The summed E-state index contributed by atoms with van der Waals surface area (Å²) in [5.41, 5.74) is 2.31. The number of aromatic nitrogens is 1. The van der Waals surface area contributed by atoms with Gasteiger partial charge in [-0.15, -0.1) is 11.3 Å². The minimum atomic E-state index is -0.663. The van der Waals surface area contributed by atoms with Crippen molar-refractivity contribution in [3.63, 3.8) is 0 Å². The van der Waals surface area contributed by atoms with Gasteiger partial charge in [-0.05, 0) is 19.1 Å². The van der Waals surface area contributed by atoms with Crippen molar-refractivity contribution in [2.75, 3.05) is 6.61 Å². The number of Topliss-reactive ketones (excluding diaryl/α,β-unsaturated/α-hetero) is 1. The number of H-pyrrole nitrogens is 1. The van der Waals surface area contributed by atoms with E-state index in [0.717, 1.165) is 27.9 Å². The summed E-state index contributed by atoms with van der Waals surface area (Å²) in [5, 5.41) is 0.808. The summed E-state index contributed by atoms with van der Waals surface area (Å²) in [4.78, 5) is 27.5. The van der Waals surface area contributed by atoms with Gasteiger partial charge in [0, 0.05) is 22.2 Å². The van der Waals surface area contributed by atoms with Gasteiger partial charge in [-0.3, -0.25) is 4.79 Å². The monoisotopic (exact) mass is 367 g/mol. The third-order valence-corrected chi connectivity index (χ3v) is 4.87.